The van der Waals surface area contributed by atoms with Crippen molar-refractivity contribution in [3.05, 3.63) is 55.1 Å². The maximum absolute atomic E-state index is 13.1. The minimum atomic E-state index is -3.54. The molecule has 0 spiro atoms. The SMILES string of the molecule is CC(C)NC(=O)Nc1ccc(-c2c(N)c3ccc(S(=O)(=O)CCn4cncn4)cc3n2C2CCC2)cc1. The van der Waals surface area contributed by atoms with E-state index in [1.54, 1.807) is 18.2 Å². The predicted molar refractivity (Wildman–Crippen MR) is 144 cm³/mol. The number of sulfone groups is 1. The maximum atomic E-state index is 13.1. The molecule has 4 N–H and O–H groups in total. The lowest BCUT2D eigenvalue weighted by Crippen LogP contribution is -2.34. The average Bonchev–Trinajstić information content (AvgIpc) is 3.44. The molecule has 0 radical (unpaired) electrons. The van der Waals surface area contributed by atoms with Gasteiger partial charge >= 0.3 is 6.03 Å². The van der Waals surface area contributed by atoms with E-state index < -0.39 is 9.84 Å². The number of aryl methyl sites for hydroxylation is 1. The van der Waals surface area contributed by atoms with Crippen LogP contribution in [-0.2, 0) is 16.4 Å². The zero-order chi connectivity index (χ0) is 26.2. The number of anilines is 2. The number of benzene rings is 2. The molecule has 37 heavy (non-hydrogen) atoms. The van der Waals surface area contributed by atoms with Gasteiger partial charge < -0.3 is 20.9 Å². The second-order valence-electron chi connectivity index (χ2n) is 9.70. The van der Waals surface area contributed by atoms with Crippen LogP contribution in [-0.4, -0.2) is 45.6 Å². The zero-order valence-electron chi connectivity index (χ0n) is 20.9. The molecule has 2 aromatic heterocycles. The van der Waals surface area contributed by atoms with Gasteiger partial charge in [-0.05, 0) is 63.4 Å². The number of nitrogens with two attached hydrogens (primary N) is 1. The molecule has 11 heteroatoms. The summed E-state index contributed by atoms with van der Waals surface area (Å²) in [6, 6.07) is 12.8. The van der Waals surface area contributed by atoms with Crippen LogP contribution in [0.5, 0.6) is 0 Å². The normalized spacial score (nSPS) is 14.1. The summed E-state index contributed by atoms with van der Waals surface area (Å²) >= 11 is 0. The first-order valence-corrected chi connectivity index (χ1v) is 14.0. The van der Waals surface area contributed by atoms with Gasteiger partial charge in [-0.2, -0.15) is 5.10 Å². The van der Waals surface area contributed by atoms with Gasteiger partial charge in [-0.25, -0.2) is 18.2 Å². The third kappa shape index (κ3) is 5.04. The van der Waals surface area contributed by atoms with E-state index in [0.717, 1.165) is 41.4 Å². The van der Waals surface area contributed by atoms with Crippen molar-refractivity contribution in [1.29, 1.82) is 0 Å². The molecule has 0 unspecified atom stereocenters. The van der Waals surface area contributed by atoms with Gasteiger partial charge in [0.25, 0.3) is 0 Å². The van der Waals surface area contributed by atoms with Crippen molar-refractivity contribution < 1.29 is 13.2 Å². The molecule has 0 atom stereocenters. The van der Waals surface area contributed by atoms with Gasteiger partial charge in [-0.3, -0.25) is 4.68 Å². The van der Waals surface area contributed by atoms with Gasteiger partial charge in [0.15, 0.2) is 9.84 Å². The third-order valence-electron chi connectivity index (χ3n) is 6.71. The van der Waals surface area contributed by atoms with Crippen LogP contribution in [0.15, 0.2) is 60.0 Å². The Hall–Kier alpha value is -3.86. The fraction of sp³-hybridized carbons (Fsp3) is 0.346. The standard InChI is InChI=1S/C26H31N7O3S/c1-17(2)30-26(34)31-19-8-6-18(7-9-19)25-24(27)22-11-10-21(14-23(22)33(25)20-4-3-5-20)37(35,36)13-12-32-16-28-15-29-32/h6-11,14-17,20H,3-5,12-13,27H2,1-2H3,(H2,30,31,34). The Balaban J connectivity index is 1.50. The van der Waals surface area contributed by atoms with Crippen LogP contribution in [0.2, 0.25) is 0 Å². The molecule has 194 valence electrons. The van der Waals surface area contributed by atoms with E-state index in [1.165, 1.54) is 17.3 Å². The van der Waals surface area contributed by atoms with E-state index in [4.69, 9.17) is 5.73 Å². The molecule has 2 amide bonds. The summed E-state index contributed by atoms with van der Waals surface area (Å²) in [5.74, 6) is -0.0762. The fourth-order valence-corrected chi connectivity index (χ4v) is 5.88. The Morgan fingerprint density at radius 3 is 2.54 bits per heavy atom. The Labute approximate surface area is 215 Å². The van der Waals surface area contributed by atoms with E-state index in [-0.39, 0.29) is 35.3 Å². The number of fused-ring (bicyclic) bond motifs is 1. The smallest absolute Gasteiger partial charge is 0.319 e. The van der Waals surface area contributed by atoms with Crippen LogP contribution < -0.4 is 16.4 Å². The third-order valence-corrected chi connectivity index (χ3v) is 8.40. The van der Waals surface area contributed by atoms with Crippen LogP contribution in [0.25, 0.3) is 22.2 Å². The van der Waals surface area contributed by atoms with E-state index in [9.17, 15) is 13.2 Å². The Morgan fingerprint density at radius 1 is 1.16 bits per heavy atom. The first-order valence-electron chi connectivity index (χ1n) is 12.4. The van der Waals surface area contributed by atoms with E-state index in [2.05, 4.69) is 25.3 Å². The molecule has 10 nitrogen and oxygen atoms in total. The van der Waals surface area contributed by atoms with Crippen LogP contribution in [0.3, 0.4) is 0 Å². The summed E-state index contributed by atoms with van der Waals surface area (Å²) in [5.41, 5.74) is 10.6. The molecule has 1 saturated carbocycles. The lowest BCUT2D eigenvalue weighted by atomic mass is 9.92. The maximum Gasteiger partial charge on any atom is 0.319 e. The van der Waals surface area contributed by atoms with Crippen molar-refractivity contribution in [3.63, 3.8) is 0 Å². The number of nitrogen functional groups attached to an aromatic ring is 1. The molecule has 2 aromatic carbocycles. The van der Waals surface area contributed by atoms with E-state index in [1.807, 2.05) is 38.1 Å². The highest BCUT2D eigenvalue weighted by Gasteiger charge is 2.28. The van der Waals surface area contributed by atoms with Crippen molar-refractivity contribution >= 4 is 38.1 Å². The molecule has 2 heterocycles. The minimum absolute atomic E-state index is 0.0357. The number of amides is 2. The molecule has 5 rings (SSSR count). The number of aromatic nitrogens is 4. The lowest BCUT2D eigenvalue weighted by Gasteiger charge is -2.30. The minimum Gasteiger partial charge on any atom is -0.396 e. The van der Waals surface area contributed by atoms with Crippen molar-refractivity contribution in [2.75, 3.05) is 16.8 Å². The second kappa shape index (κ2) is 9.89. The summed E-state index contributed by atoms with van der Waals surface area (Å²) in [4.78, 5) is 16.2. The molecular formula is C26H31N7O3S. The summed E-state index contributed by atoms with van der Waals surface area (Å²) in [5, 5.41) is 10.5. The molecule has 0 bridgehead atoms. The molecule has 0 aliphatic heterocycles. The number of nitrogens with one attached hydrogen (secondary N) is 2. The van der Waals surface area contributed by atoms with Crippen LogP contribution in [0.1, 0.15) is 39.2 Å². The van der Waals surface area contributed by atoms with Crippen molar-refractivity contribution in [2.24, 2.45) is 0 Å². The molecule has 1 fully saturated rings. The van der Waals surface area contributed by atoms with Crippen molar-refractivity contribution in [3.8, 4) is 11.3 Å². The number of hydrogen-bond acceptors (Lipinski definition) is 6. The monoisotopic (exact) mass is 521 g/mol. The highest BCUT2D eigenvalue weighted by Crippen LogP contribution is 2.44. The quantitative estimate of drug-likeness (QED) is 0.318. The Morgan fingerprint density at radius 2 is 1.92 bits per heavy atom. The summed E-state index contributed by atoms with van der Waals surface area (Å²) in [6.45, 7) is 4.03. The molecule has 4 aromatic rings. The number of carbonyl (C=O) groups is 1. The number of carbonyl (C=O) groups excluding carboxylic acids is 1. The van der Waals surface area contributed by atoms with Gasteiger partial charge in [-0.15, -0.1) is 0 Å². The van der Waals surface area contributed by atoms with Gasteiger partial charge in [0, 0.05) is 28.7 Å². The van der Waals surface area contributed by atoms with Crippen molar-refractivity contribution in [2.45, 2.75) is 56.6 Å². The van der Waals surface area contributed by atoms with E-state index in [0.29, 0.717) is 11.4 Å². The fourth-order valence-electron chi connectivity index (χ4n) is 4.65. The first kappa shape index (κ1) is 24.8. The summed E-state index contributed by atoms with van der Waals surface area (Å²) < 4.78 is 30.0. The van der Waals surface area contributed by atoms with Gasteiger partial charge in [0.1, 0.15) is 12.7 Å². The number of rotatable bonds is 8. The van der Waals surface area contributed by atoms with Gasteiger partial charge in [0.05, 0.1) is 34.1 Å². The number of hydrogen-bond donors (Lipinski definition) is 3. The lowest BCUT2D eigenvalue weighted by molar-refractivity contribution is 0.250. The highest BCUT2D eigenvalue weighted by molar-refractivity contribution is 7.91. The highest BCUT2D eigenvalue weighted by atomic mass is 32.2. The predicted octanol–water partition coefficient (Wildman–Crippen LogP) is 4.21. The summed E-state index contributed by atoms with van der Waals surface area (Å²) in [7, 11) is -3.54. The Bertz CT molecular complexity index is 1520. The van der Waals surface area contributed by atoms with E-state index >= 15 is 0 Å². The average molecular weight is 522 g/mol. The molecule has 0 saturated heterocycles. The number of urea groups is 1. The van der Waals surface area contributed by atoms with Crippen LogP contribution >= 0.6 is 0 Å². The van der Waals surface area contributed by atoms with Crippen molar-refractivity contribution in [1.82, 2.24) is 24.6 Å². The number of nitrogens with zero attached hydrogens (tertiary/aromatic N) is 4. The largest absolute Gasteiger partial charge is 0.396 e. The topological polar surface area (TPSA) is 137 Å². The van der Waals surface area contributed by atoms with Crippen LogP contribution in [0, 0.1) is 0 Å². The molecular weight excluding hydrogens is 490 g/mol. The van der Waals surface area contributed by atoms with Crippen LogP contribution in [0.4, 0.5) is 16.2 Å². The summed E-state index contributed by atoms with van der Waals surface area (Å²) in [6.07, 6.45) is 6.03. The van der Waals surface area contributed by atoms with Gasteiger partial charge in [0.2, 0.25) is 0 Å². The Kier molecular flexibility index (Phi) is 6.63. The second-order valence-corrected chi connectivity index (χ2v) is 11.8. The molecule has 1 aliphatic carbocycles. The first-order chi connectivity index (χ1) is 17.7. The molecule has 1 aliphatic rings. The zero-order valence-corrected chi connectivity index (χ0v) is 21.7. The van der Waals surface area contributed by atoms with Gasteiger partial charge in [-0.1, -0.05) is 12.1 Å².